The second-order valence-electron chi connectivity index (χ2n) is 5.64. The average Bonchev–Trinajstić information content (AvgIpc) is 2.94. The summed E-state index contributed by atoms with van der Waals surface area (Å²) < 4.78 is 2.07. The highest BCUT2D eigenvalue weighted by Crippen LogP contribution is 2.27. The fourth-order valence-corrected chi connectivity index (χ4v) is 3.05. The predicted molar refractivity (Wildman–Crippen MR) is 97.1 cm³/mol. The van der Waals surface area contributed by atoms with Crippen molar-refractivity contribution in [3.8, 4) is 11.3 Å². The Kier molecular flexibility index (Phi) is 3.67. The van der Waals surface area contributed by atoms with Gasteiger partial charge >= 0.3 is 0 Å². The predicted octanol–water partition coefficient (Wildman–Crippen LogP) is 4.22. The summed E-state index contributed by atoms with van der Waals surface area (Å²) in [4.78, 5) is 8.93. The number of nitrogens with zero attached hydrogens (tertiary/aromatic N) is 3. The van der Waals surface area contributed by atoms with Crippen molar-refractivity contribution in [1.29, 1.82) is 0 Å². The summed E-state index contributed by atoms with van der Waals surface area (Å²) in [6.07, 6.45) is 6.19. The van der Waals surface area contributed by atoms with Gasteiger partial charge in [-0.3, -0.25) is 4.98 Å². The number of nitrogen functional groups attached to an aromatic ring is 1. The van der Waals surface area contributed by atoms with Gasteiger partial charge in [-0.1, -0.05) is 35.9 Å². The van der Waals surface area contributed by atoms with E-state index in [0.717, 1.165) is 45.3 Å². The Morgan fingerprint density at radius 1 is 1.08 bits per heavy atom. The van der Waals surface area contributed by atoms with Crippen molar-refractivity contribution in [3.05, 3.63) is 83.4 Å². The van der Waals surface area contributed by atoms with Crippen LogP contribution < -0.4 is 5.73 Å². The number of aromatic nitrogens is 3. The third-order valence-corrected chi connectivity index (χ3v) is 4.21. The van der Waals surface area contributed by atoms with Crippen molar-refractivity contribution in [3.63, 3.8) is 0 Å². The number of benzene rings is 2. The molecule has 0 amide bonds. The lowest BCUT2D eigenvalue weighted by Crippen LogP contribution is -1.97. The van der Waals surface area contributed by atoms with Crippen LogP contribution in [0, 0.1) is 0 Å². The first-order chi connectivity index (χ1) is 11.7. The number of rotatable bonds is 3. The largest absolute Gasteiger partial charge is 0.399 e. The summed E-state index contributed by atoms with van der Waals surface area (Å²) in [6, 6.07) is 15.7. The summed E-state index contributed by atoms with van der Waals surface area (Å²) in [5.41, 5.74) is 11.6. The van der Waals surface area contributed by atoms with Gasteiger partial charge in [0.1, 0.15) is 0 Å². The molecule has 4 rings (SSSR count). The molecule has 2 aromatic carbocycles. The molecule has 2 aromatic heterocycles. The van der Waals surface area contributed by atoms with Crippen molar-refractivity contribution < 1.29 is 0 Å². The highest BCUT2D eigenvalue weighted by atomic mass is 35.5. The Morgan fingerprint density at radius 2 is 1.92 bits per heavy atom. The SMILES string of the molecule is Nc1ccc(-c2nc3cnccn3c2Cc2cccc(Cl)c2)cc1. The van der Waals surface area contributed by atoms with E-state index in [1.807, 2.05) is 48.7 Å². The van der Waals surface area contributed by atoms with Gasteiger partial charge in [0.05, 0.1) is 17.6 Å². The Morgan fingerprint density at radius 3 is 2.71 bits per heavy atom. The fraction of sp³-hybridized carbons (Fsp3) is 0.0526. The van der Waals surface area contributed by atoms with Crippen LogP contribution in [-0.2, 0) is 6.42 Å². The molecule has 0 aliphatic rings. The lowest BCUT2D eigenvalue weighted by Gasteiger charge is -2.06. The minimum Gasteiger partial charge on any atom is -0.399 e. The van der Waals surface area contributed by atoms with E-state index < -0.39 is 0 Å². The van der Waals surface area contributed by atoms with E-state index in [1.54, 1.807) is 12.4 Å². The fourth-order valence-electron chi connectivity index (χ4n) is 2.84. The third kappa shape index (κ3) is 2.72. The minimum atomic E-state index is 0.728. The van der Waals surface area contributed by atoms with Gasteiger partial charge in [-0.15, -0.1) is 0 Å². The van der Waals surface area contributed by atoms with Crippen molar-refractivity contribution in [2.45, 2.75) is 6.42 Å². The number of nitrogens with two attached hydrogens (primary N) is 1. The molecule has 0 unspecified atom stereocenters. The van der Waals surface area contributed by atoms with E-state index in [2.05, 4.69) is 15.5 Å². The Hall–Kier alpha value is -2.85. The summed E-state index contributed by atoms with van der Waals surface area (Å²) >= 11 is 6.13. The standard InChI is InChI=1S/C19H15ClN4/c20-15-3-1-2-13(10-15)11-17-19(14-4-6-16(21)7-5-14)23-18-12-22-8-9-24(17)18/h1-10,12H,11,21H2. The maximum Gasteiger partial charge on any atom is 0.156 e. The summed E-state index contributed by atoms with van der Waals surface area (Å²) in [5.74, 6) is 0. The van der Waals surface area contributed by atoms with Crippen LogP contribution >= 0.6 is 11.6 Å². The van der Waals surface area contributed by atoms with Crippen LogP contribution in [0.1, 0.15) is 11.3 Å². The number of hydrogen-bond acceptors (Lipinski definition) is 3. The van der Waals surface area contributed by atoms with Crippen molar-refractivity contribution >= 4 is 22.9 Å². The molecule has 5 heteroatoms. The molecule has 0 spiro atoms. The van der Waals surface area contributed by atoms with Gasteiger partial charge in [-0.2, -0.15) is 0 Å². The van der Waals surface area contributed by atoms with Gasteiger partial charge in [-0.05, 0) is 29.8 Å². The van der Waals surface area contributed by atoms with Crippen molar-refractivity contribution in [2.24, 2.45) is 0 Å². The molecule has 24 heavy (non-hydrogen) atoms. The zero-order valence-electron chi connectivity index (χ0n) is 12.9. The molecular formula is C19H15ClN4. The molecule has 0 saturated carbocycles. The van der Waals surface area contributed by atoms with Gasteiger partial charge in [0.2, 0.25) is 0 Å². The van der Waals surface area contributed by atoms with Crippen molar-refractivity contribution in [1.82, 2.24) is 14.4 Å². The second-order valence-corrected chi connectivity index (χ2v) is 6.08. The molecule has 0 radical (unpaired) electrons. The molecule has 0 aliphatic heterocycles. The molecule has 0 fully saturated rings. The van der Waals surface area contributed by atoms with Gasteiger partial charge in [0.25, 0.3) is 0 Å². The maximum atomic E-state index is 6.13. The maximum absolute atomic E-state index is 6.13. The van der Waals surface area contributed by atoms with E-state index in [0.29, 0.717) is 0 Å². The molecule has 0 atom stereocenters. The first kappa shape index (κ1) is 14.7. The second kappa shape index (κ2) is 5.98. The number of imidazole rings is 1. The van der Waals surface area contributed by atoms with E-state index in [9.17, 15) is 0 Å². The average molecular weight is 335 g/mol. The third-order valence-electron chi connectivity index (χ3n) is 3.97. The van der Waals surface area contributed by atoms with E-state index >= 15 is 0 Å². The van der Waals surface area contributed by atoms with E-state index in [-0.39, 0.29) is 0 Å². The van der Waals surface area contributed by atoms with E-state index in [1.165, 1.54) is 0 Å². The van der Waals surface area contributed by atoms with Crippen LogP contribution in [-0.4, -0.2) is 14.4 Å². The quantitative estimate of drug-likeness (QED) is 0.571. The number of fused-ring (bicyclic) bond motifs is 1. The Bertz CT molecular complexity index is 1010. The molecule has 0 bridgehead atoms. The van der Waals surface area contributed by atoms with Gasteiger partial charge < -0.3 is 10.1 Å². The first-order valence-corrected chi connectivity index (χ1v) is 8.00. The van der Waals surface area contributed by atoms with Gasteiger partial charge in [-0.25, -0.2) is 4.98 Å². The van der Waals surface area contributed by atoms with Crippen LogP contribution in [0.3, 0.4) is 0 Å². The first-order valence-electron chi connectivity index (χ1n) is 7.62. The lowest BCUT2D eigenvalue weighted by atomic mass is 10.0. The highest BCUT2D eigenvalue weighted by molar-refractivity contribution is 6.30. The number of hydrogen-bond donors (Lipinski definition) is 1. The zero-order chi connectivity index (χ0) is 16.5. The molecule has 4 aromatic rings. The van der Waals surface area contributed by atoms with Gasteiger partial charge in [0.15, 0.2) is 5.65 Å². The molecule has 4 nitrogen and oxygen atoms in total. The Labute approximate surface area is 144 Å². The highest BCUT2D eigenvalue weighted by Gasteiger charge is 2.14. The molecule has 118 valence electrons. The van der Waals surface area contributed by atoms with Crippen molar-refractivity contribution in [2.75, 3.05) is 5.73 Å². The Balaban J connectivity index is 1.88. The summed E-state index contributed by atoms with van der Waals surface area (Å²) in [6.45, 7) is 0. The minimum absolute atomic E-state index is 0.728. The van der Waals surface area contributed by atoms with Crippen LogP contribution in [0.25, 0.3) is 16.9 Å². The summed E-state index contributed by atoms with van der Waals surface area (Å²) in [5, 5.41) is 0.733. The topological polar surface area (TPSA) is 56.2 Å². The summed E-state index contributed by atoms with van der Waals surface area (Å²) in [7, 11) is 0. The smallest absolute Gasteiger partial charge is 0.156 e. The van der Waals surface area contributed by atoms with E-state index in [4.69, 9.17) is 22.3 Å². The molecule has 2 heterocycles. The number of anilines is 1. The van der Waals surface area contributed by atoms with Crippen LogP contribution in [0.2, 0.25) is 5.02 Å². The van der Waals surface area contributed by atoms with Crippen LogP contribution in [0.15, 0.2) is 67.1 Å². The monoisotopic (exact) mass is 334 g/mol. The molecule has 0 saturated heterocycles. The molecular weight excluding hydrogens is 320 g/mol. The lowest BCUT2D eigenvalue weighted by molar-refractivity contribution is 1.01. The molecule has 0 aliphatic carbocycles. The normalized spacial score (nSPS) is 11.0. The van der Waals surface area contributed by atoms with Crippen LogP contribution in [0.5, 0.6) is 0 Å². The molecule has 2 N–H and O–H groups in total. The number of halogens is 1. The zero-order valence-corrected chi connectivity index (χ0v) is 13.6. The van der Waals surface area contributed by atoms with Crippen LogP contribution in [0.4, 0.5) is 5.69 Å². The van der Waals surface area contributed by atoms with Gasteiger partial charge in [0, 0.05) is 35.1 Å².